The zero-order valence-corrected chi connectivity index (χ0v) is 22.3. The minimum Gasteiger partial charge on any atom is -0.497 e. The second-order valence-electron chi connectivity index (χ2n) is 8.52. The Morgan fingerprint density at radius 2 is 1.73 bits per heavy atom. The number of hydrogen-bond acceptors (Lipinski definition) is 9. The molecule has 0 bridgehead atoms. The van der Waals surface area contributed by atoms with Gasteiger partial charge in [0.25, 0.3) is 10.0 Å². The van der Waals surface area contributed by atoms with Gasteiger partial charge in [-0.25, -0.2) is 37.1 Å². The molecule has 10 nitrogen and oxygen atoms in total. The van der Waals surface area contributed by atoms with E-state index in [0.29, 0.717) is 34.0 Å². The van der Waals surface area contributed by atoms with Crippen LogP contribution < -0.4 is 19.5 Å². The van der Waals surface area contributed by atoms with Crippen molar-refractivity contribution in [3.05, 3.63) is 84.3 Å². The van der Waals surface area contributed by atoms with Crippen molar-refractivity contribution in [1.29, 1.82) is 0 Å². The van der Waals surface area contributed by atoms with E-state index in [1.807, 2.05) is 0 Å². The number of methoxy groups -OCH3 is 2. The molecule has 0 spiro atoms. The molecule has 0 radical (unpaired) electrons. The summed E-state index contributed by atoms with van der Waals surface area (Å²) >= 11 is 0. The second-order valence-corrected chi connectivity index (χ2v) is 10.2. The number of fused-ring (bicyclic) bond motifs is 1. The lowest BCUT2D eigenvalue weighted by molar-refractivity contribution is 0.398. The van der Waals surface area contributed by atoms with Gasteiger partial charge in [0.1, 0.15) is 29.1 Å². The zero-order chi connectivity index (χ0) is 28.4. The molecule has 5 aromatic rings. The first-order chi connectivity index (χ1) is 19.2. The molecule has 0 atom stereocenters. The van der Waals surface area contributed by atoms with Gasteiger partial charge in [0.2, 0.25) is 5.88 Å². The van der Waals surface area contributed by atoms with Gasteiger partial charge in [-0.15, -0.1) is 0 Å². The SMILES string of the molecule is COc1ccc(S(=O)(=O)Nc2ccc(F)c(Nc3ncnc4ccc(-c5ccc(OC)nc5)nc34)c2F)c(C)c1. The highest BCUT2D eigenvalue weighted by molar-refractivity contribution is 7.92. The number of halogens is 2. The highest BCUT2D eigenvalue weighted by Gasteiger charge is 2.23. The van der Waals surface area contributed by atoms with Gasteiger partial charge in [-0.3, -0.25) is 4.72 Å². The van der Waals surface area contributed by atoms with E-state index in [2.05, 4.69) is 30.0 Å². The molecule has 3 heterocycles. The third-order valence-electron chi connectivity index (χ3n) is 5.97. The Kier molecular flexibility index (Phi) is 7.13. The van der Waals surface area contributed by atoms with Crippen molar-refractivity contribution in [3.63, 3.8) is 0 Å². The Balaban J connectivity index is 1.50. The maximum absolute atomic E-state index is 15.6. The number of sulfonamides is 1. The van der Waals surface area contributed by atoms with Gasteiger partial charge in [0.05, 0.1) is 36.0 Å². The number of nitrogens with zero attached hydrogens (tertiary/aromatic N) is 4. The summed E-state index contributed by atoms with van der Waals surface area (Å²) in [6, 6.07) is 13.1. The minimum atomic E-state index is -4.22. The zero-order valence-electron chi connectivity index (χ0n) is 21.4. The molecule has 5 rings (SSSR count). The Labute approximate surface area is 228 Å². The number of ether oxygens (including phenoxy) is 2. The van der Waals surface area contributed by atoms with E-state index < -0.39 is 33.0 Å². The van der Waals surface area contributed by atoms with Crippen LogP contribution in [0, 0.1) is 18.6 Å². The fraction of sp³-hybridized carbons (Fsp3) is 0.111. The lowest BCUT2D eigenvalue weighted by Gasteiger charge is -2.15. The van der Waals surface area contributed by atoms with Crippen molar-refractivity contribution in [2.45, 2.75) is 11.8 Å². The molecule has 0 unspecified atom stereocenters. The van der Waals surface area contributed by atoms with Gasteiger partial charge in [-0.2, -0.15) is 0 Å². The topological polar surface area (TPSA) is 128 Å². The van der Waals surface area contributed by atoms with Crippen molar-refractivity contribution in [3.8, 4) is 22.9 Å². The molecule has 0 saturated heterocycles. The van der Waals surface area contributed by atoms with Crippen LogP contribution in [0.5, 0.6) is 11.6 Å². The summed E-state index contributed by atoms with van der Waals surface area (Å²) in [4.78, 5) is 16.9. The number of anilines is 3. The van der Waals surface area contributed by atoms with Crippen molar-refractivity contribution >= 4 is 38.2 Å². The van der Waals surface area contributed by atoms with Crippen LogP contribution in [0.2, 0.25) is 0 Å². The van der Waals surface area contributed by atoms with Gasteiger partial charge >= 0.3 is 0 Å². The van der Waals surface area contributed by atoms with E-state index in [1.54, 1.807) is 37.4 Å². The van der Waals surface area contributed by atoms with E-state index >= 15 is 4.39 Å². The highest BCUT2D eigenvalue weighted by Crippen LogP contribution is 2.32. The van der Waals surface area contributed by atoms with Gasteiger partial charge in [-0.1, -0.05) is 0 Å². The summed E-state index contributed by atoms with van der Waals surface area (Å²) in [5.74, 6) is -1.23. The predicted octanol–water partition coefficient (Wildman–Crippen LogP) is 5.24. The van der Waals surface area contributed by atoms with Crippen LogP contribution in [0.1, 0.15) is 5.56 Å². The molecule has 0 fully saturated rings. The molecule has 40 heavy (non-hydrogen) atoms. The Hall–Kier alpha value is -4.91. The average Bonchev–Trinajstić information content (AvgIpc) is 2.96. The van der Waals surface area contributed by atoms with Crippen molar-refractivity contribution in [2.24, 2.45) is 0 Å². The average molecular weight is 565 g/mol. The van der Waals surface area contributed by atoms with Gasteiger partial charge in [0.15, 0.2) is 11.6 Å². The van der Waals surface area contributed by atoms with Gasteiger partial charge in [0, 0.05) is 17.8 Å². The Morgan fingerprint density at radius 1 is 0.900 bits per heavy atom. The van der Waals surface area contributed by atoms with Gasteiger partial charge < -0.3 is 14.8 Å². The summed E-state index contributed by atoms with van der Waals surface area (Å²) in [7, 11) is -1.26. The molecule has 0 saturated carbocycles. The molecule has 3 aromatic heterocycles. The normalized spacial score (nSPS) is 11.3. The third-order valence-corrected chi connectivity index (χ3v) is 7.50. The molecule has 204 valence electrons. The number of nitrogens with one attached hydrogen (secondary N) is 2. The molecule has 0 aliphatic heterocycles. The standard InChI is InChI=1S/C27H22F2N6O4S/c1-15-12-17(38-2)5-10-22(15)40(36,37)35-20-7-6-18(28)25(24(20)29)34-27-26-21(31-14-32-27)9-8-19(33-26)16-4-11-23(39-3)30-13-16/h4-14,35H,1-3H3,(H,31,32,34). The second kappa shape index (κ2) is 10.7. The first-order valence-electron chi connectivity index (χ1n) is 11.7. The largest absolute Gasteiger partial charge is 0.497 e. The van der Waals surface area contributed by atoms with E-state index in [0.717, 1.165) is 12.1 Å². The van der Waals surface area contributed by atoms with E-state index in [1.165, 1.54) is 38.7 Å². The fourth-order valence-corrected chi connectivity index (χ4v) is 5.25. The Morgan fingerprint density at radius 3 is 2.42 bits per heavy atom. The van der Waals surface area contributed by atoms with E-state index in [4.69, 9.17) is 9.47 Å². The first-order valence-corrected chi connectivity index (χ1v) is 13.2. The van der Waals surface area contributed by atoms with Crippen molar-refractivity contribution in [2.75, 3.05) is 24.3 Å². The number of hydrogen-bond donors (Lipinski definition) is 2. The lowest BCUT2D eigenvalue weighted by atomic mass is 10.2. The fourth-order valence-electron chi connectivity index (χ4n) is 3.96. The van der Waals surface area contributed by atoms with Crippen molar-refractivity contribution in [1.82, 2.24) is 19.9 Å². The summed E-state index contributed by atoms with van der Waals surface area (Å²) < 4.78 is 68.9. The molecule has 2 N–H and O–H groups in total. The number of rotatable bonds is 8. The van der Waals surface area contributed by atoms with Crippen LogP contribution in [0.3, 0.4) is 0 Å². The van der Waals surface area contributed by atoms with Crippen LogP contribution >= 0.6 is 0 Å². The van der Waals surface area contributed by atoms with Crippen LogP contribution in [-0.2, 0) is 10.0 Å². The Bertz CT molecular complexity index is 1840. The predicted molar refractivity (Wildman–Crippen MR) is 145 cm³/mol. The summed E-state index contributed by atoms with van der Waals surface area (Å²) in [6.45, 7) is 1.58. The molecule has 13 heteroatoms. The molecule has 0 aliphatic carbocycles. The number of pyridine rings is 2. The quantitative estimate of drug-likeness (QED) is 0.260. The molecule has 0 aliphatic rings. The van der Waals surface area contributed by atoms with Crippen LogP contribution in [0.4, 0.5) is 26.0 Å². The van der Waals surface area contributed by atoms with Crippen LogP contribution in [0.15, 0.2) is 72.0 Å². The molecular weight excluding hydrogens is 542 g/mol. The van der Waals surface area contributed by atoms with E-state index in [-0.39, 0.29) is 16.2 Å². The smallest absolute Gasteiger partial charge is 0.262 e. The number of benzene rings is 2. The van der Waals surface area contributed by atoms with Crippen molar-refractivity contribution < 1.29 is 26.7 Å². The first kappa shape index (κ1) is 26.7. The van der Waals surface area contributed by atoms with Crippen LogP contribution in [0.25, 0.3) is 22.3 Å². The lowest BCUT2D eigenvalue weighted by Crippen LogP contribution is -2.16. The van der Waals surface area contributed by atoms with Crippen LogP contribution in [-0.4, -0.2) is 42.6 Å². The number of aryl methyl sites for hydroxylation is 1. The highest BCUT2D eigenvalue weighted by atomic mass is 32.2. The van der Waals surface area contributed by atoms with E-state index in [9.17, 15) is 12.8 Å². The third kappa shape index (κ3) is 5.18. The monoisotopic (exact) mass is 564 g/mol. The minimum absolute atomic E-state index is 0.0112. The summed E-state index contributed by atoms with van der Waals surface area (Å²) in [5.41, 5.74) is 1.12. The summed E-state index contributed by atoms with van der Waals surface area (Å²) in [6.07, 6.45) is 2.79. The molecule has 0 amide bonds. The molecule has 2 aromatic carbocycles. The maximum atomic E-state index is 15.6. The van der Waals surface area contributed by atoms with Gasteiger partial charge in [-0.05, 0) is 61.0 Å². The molecular formula is C27H22F2N6O4S. The maximum Gasteiger partial charge on any atom is 0.262 e. The number of aromatic nitrogens is 4. The summed E-state index contributed by atoms with van der Waals surface area (Å²) in [5, 5.41) is 2.62.